The molecule has 4 rings (SSSR count). The molecule has 1 N–H and O–H groups in total. The predicted octanol–water partition coefficient (Wildman–Crippen LogP) is 3.52. The molecule has 0 unspecified atom stereocenters. The summed E-state index contributed by atoms with van der Waals surface area (Å²) < 4.78 is 5.88. The molecule has 134 valence electrons. The Kier molecular flexibility index (Phi) is 4.56. The highest BCUT2D eigenvalue weighted by Crippen LogP contribution is 2.29. The number of nitrogens with zero attached hydrogens (tertiary/aromatic N) is 3. The third-order valence-corrected chi connectivity index (χ3v) is 5.87. The summed E-state index contributed by atoms with van der Waals surface area (Å²) in [5.41, 5.74) is 4.29. The van der Waals surface area contributed by atoms with Crippen LogP contribution >= 0.6 is 22.7 Å². The number of benzene rings is 1. The summed E-state index contributed by atoms with van der Waals surface area (Å²) in [4.78, 5) is 35.9. The standard InChI is InChI=1S/C17H16N4O3S2/c1-2-24-17(23)20-16-19-12-5-6-21(8-14(12)26-16)15(22)10-3-4-11-13(7-10)25-9-18-11/h3-4,7,9H,2,5-6,8H2,1H3,(H,19,20,23). The van der Waals surface area contributed by atoms with E-state index in [1.165, 1.54) is 22.7 Å². The maximum Gasteiger partial charge on any atom is 0.413 e. The fourth-order valence-electron chi connectivity index (χ4n) is 2.85. The molecular weight excluding hydrogens is 372 g/mol. The molecule has 7 nitrogen and oxygen atoms in total. The van der Waals surface area contributed by atoms with Gasteiger partial charge in [0.15, 0.2) is 5.13 Å². The second-order valence-electron chi connectivity index (χ2n) is 5.75. The van der Waals surface area contributed by atoms with E-state index < -0.39 is 6.09 Å². The molecule has 0 radical (unpaired) electrons. The van der Waals surface area contributed by atoms with Crippen molar-refractivity contribution < 1.29 is 14.3 Å². The van der Waals surface area contributed by atoms with Crippen molar-refractivity contribution in [1.82, 2.24) is 14.9 Å². The highest BCUT2D eigenvalue weighted by molar-refractivity contribution is 7.16. The molecule has 0 atom stereocenters. The zero-order valence-electron chi connectivity index (χ0n) is 14.0. The van der Waals surface area contributed by atoms with Gasteiger partial charge in [-0.2, -0.15) is 0 Å². The van der Waals surface area contributed by atoms with Crippen molar-refractivity contribution in [3.63, 3.8) is 0 Å². The lowest BCUT2D eigenvalue weighted by Crippen LogP contribution is -2.35. The van der Waals surface area contributed by atoms with Gasteiger partial charge >= 0.3 is 6.09 Å². The van der Waals surface area contributed by atoms with E-state index in [-0.39, 0.29) is 5.91 Å². The Morgan fingerprint density at radius 3 is 3.12 bits per heavy atom. The van der Waals surface area contributed by atoms with Crippen molar-refractivity contribution in [1.29, 1.82) is 0 Å². The van der Waals surface area contributed by atoms with Crippen molar-refractivity contribution in [2.24, 2.45) is 0 Å². The molecule has 9 heteroatoms. The fourth-order valence-corrected chi connectivity index (χ4v) is 4.57. The number of ether oxygens (including phenoxy) is 1. The van der Waals surface area contributed by atoms with Gasteiger partial charge in [-0.25, -0.2) is 14.8 Å². The Labute approximate surface area is 157 Å². The minimum absolute atomic E-state index is 0.000693. The van der Waals surface area contributed by atoms with Crippen LogP contribution in [0.15, 0.2) is 23.7 Å². The Bertz CT molecular complexity index is 981. The first-order valence-corrected chi connectivity index (χ1v) is 9.88. The zero-order chi connectivity index (χ0) is 18.1. The van der Waals surface area contributed by atoms with Crippen molar-refractivity contribution in [2.45, 2.75) is 19.9 Å². The van der Waals surface area contributed by atoms with E-state index in [1.807, 2.05) is 23.1 Å². The van der Waals surface area contributed by atoms with Gasteiger partial charge in [0.2, 0.25) is 0 Å². The second-order valence-corrected chi connectivity index (χ2v) is 7.72. The van der Waals surface area contributed by atoms with Crippen LogP contribution in [0.1, 0.15) is 27.9 Å². The Morgan fingerprint density at radius 2 is 2.27 bits per heavy atom. The number of carbonyl (C=O) groups excluding carboxylic acids is 2. The van der Waals surface area contributed by atoms with Gasteiger partial charge in [-0.3, -0.25) is 10.1 Å². The summed E-state index contributed by atoms with van der Waals surface area (Å²) in [6, 6.07) is 5.59. The molecule has 3 heterocycles. The Balaban J connectivity index is 1.49. The van der Waals surface area contributed by atoms with Crippen LogP contribution in [0.2, 0.25) is 0 Å². The highest BCUT2D eigenvalue weighted by Gasteiger charge is 2.25. The summed E-state index contributed by atoms with van der Waals surface area (Å²) in [5, 5.41) is 3.14. The molecule has 1 aromatic carbocycles. The first-order valence-electron chi connectivity index (χ1n) is 8.19. The van der Waals surface area contributed by atoms with Crippen molar-refractivity contribution >= 4 is 50.0 Å². The van der Waals surface area contributed by atoms with Crippen LogP contribution in [0.25, 0.3) is 10.2 Å². The molecule has 26 heavy (non-hydrogen) atoms. The van der Waals surface area contributed by atoms with E-state index in [0.29, 0.717) is 36.8 Å². The number of rotatable bonds is 3. The lowest BCUT2D eigenvalue weighted by atomic mass is 10.1. The highest BCUT2D eigenvalue weighted by atomic mass is 32.1. The molecule has 0 spiro atoms. The maximum absolute atomic E-state index is 12.8. The number of anilines is 1. The van der Waals surface area contributed by atoms with Gasteiger partial charge < -0.3 is 9.64 Å². The number of thiazole rings is 2. The molecule has 0 aliphatic carbocycles. The van der Waals surface area contributed by atoms with E-state index >= 15 is 0 Å². The van der Waals surface area contributed by atoms with Crippen LogP contribution in [-0.4, -0.2) is 40.0 Å². The average Bonchev–Trinajstić information content (AvgIpc) is 3.25. The molecule has 1 aliphatic rings. The van der Waals surface area contributed by atoms with Gasteiger partial charge in [0.05, 0.1) is 34.6 Å². The molecule has 3 aromatic rings. The van der Waals surface area contributed by atoms with Crippen LogP contribution in [0.5, 0.6) is 0 Å². The molecule has 1 aliphatic heterocycles. The maximum atomic E-state index is 12.8. The first kappa shape index (κ1) is 16.9. The number of carbonyl (C=O) groups is 2. The van der Waals surface area contributed by atoms with Gasteiger partial charge in [-0.15, -0.1) is 11.3 Å². The third-order valence-electron chi connectivity index (χ3n) is 4.08. The molecule has 2 amide bonds. The van der Waals surface area contributed by atoms with Crippen molar-refractivity contribution in [2.75, 3.05) is 18.5 Å². The zero-order valence-corrected chi connectivity index (χ0v) is 15.7. The van der Waals surface area contributed by atoms with E-state index in [9.17, 15) is 9.59 Å². The van der Waals surface area contributed by atoms with Crippen LogP contribution in [0.4, 0.5) is 9.93 Å². The van der Waals surface area contributed by atoms with Gasteiger partial charge in [0, 0.05) is 23.4 Å². The quantitative estimate of drug-likeness (QED) is 0.742. The topological polar surface area (TPSA) is 84.4 Å². The largest absolute Gasteiger partial charge is 0.450 e. The smallest absolute Gasteiger partial charge is 0.413 e. The normalized spacial score (nSPS) is 13.5. The predicted molar refractivity (Wildman–Crippen MR) is 101 cm³/mol. The minimum atomic E-state index is -0.510. The molecular formula is C17H16N4O3S2. The summed E-state index contributed by atoms with van der Waals surface area (Å²) in [5.74, 6) is -0.000693. The summed E-state index contributed by atoms with van der Waals surface area (Å²) >= 11 is 2.91. The van der Waals surface area contributed by atoms with Gasteiger partial charge in [-0.1, -0.05) is 11.3 Å². The van der Waals surface area contributed by atoms with Crippen LogP contribution in [-0.2, 0) is 17.7 Å². The minimum Gasteiger partial charge on any atom is -0.450 e. The Hall–Kier alpha value is -2.52. The number of nitrogens with one attached hydrogen (secondary N) is 1. The lowest BCUT2D eigenvalue weighted by Gasteiger charge is -2.26. The first-order chi connectivity index (χ1) is 12.6. The lowest BCUT2D eigenvalue weighted by molar-refractivity contribution is 0.0736. The number of fused-ring (bicyclic) bond motifs is 2. The van der Waals surface area contributed by atoms with Crippen molar-refractivity contribution in [3.8, 4) is 0 Å². The fraction of sp³-hybridized carbons (Fsp3) is 0.294. The molecule has 0 saturated carbocycles. The number of aromatic nitrogens is 2. The number of hydrogen-bond donors (Lipinski definition) is 1. The molecule has 0 fully saturated rings. The van der Waals surface area contributed by atoms with Crippen molar-refractivity contribution in [3.05, 3.63) is 39.8 Å². The molecule has 2 aromatic heterocycles. The molecule has 0 bridgehead atoms. The monoisotopic (exact) mass is 388 g/mol. The summed E-state index contributed by atoms with van der Waals surface area (Å²) in [6.07, 6.45) is 0.162. The SMILES string of the molecule is CCOC(=O)Nc1nc2c(s1)CN(C(=O)c1ccc3ncsc3c1)CC2. The van der Waals surface area contributed by atoms with E-state index in [2.05, 4.69) is 15.3 Å². The van der Waals surface area contributed by atoms with E-state index in [0.717, 1.165) is 20.8 Å². The van der Waals surface area contributed by atoms with Crippen LogP contribution in [0.3, 0.4) is 0 Å². The molecule has 0 saturated heterocycles. The number of hydrogen-bond acceptors (Lipinski definition) is 7. The third kappa shape index (κ3) is 3.27. The van der Waals surface area contributed by atoms with Crippen LogP contribution in [0, 0.1) is 0 Å². The number of amides is 2. The van der Waals surface area contributed by atoms with Gasteiger partial charge in [-0.05, 0) is 25.1 Å². The van der Waals surface area contributed by atoms with Crippen LogP contribution < -0.4 is 5.32 Å². The second kappa shape index (κ2) is 7.00. The van der Waals surface area contributed by atoms with E-state index in [4.69, 9.17) is 4.74 Å². The van der Waals surface area contributed by atoms with Gasteiger partial charge in [0.25, 0.3) is 5.91 Å². The average molecular weight is 388 g/mol. The van der Waals surface area contributed by atoms with E-state index in [1.54, 1.807) is 12.4 Å². The summed E-state index contributed by atoms with van der Waals surface area (Å²) in [6.45, 7) is 3.16. The summed E-state index contributed by atoms with van der Waals surface area (Å²) in [7, 11) is 0. The Morgan fingerprint density at radius 1 is 1.38 bits per heavy atom. The van der Waals surface area contributed by atoms with Gasteiger partial charge in [0.1, 0.15) is 0 Å².